The third kappa shape index (κ3) is 4.26. The van der Waals surface area contributed by atoms with E-state index < -0.39 is 0 Å². The first kappa shape index (κ1) is 11.9. The molecule has 0 saturated carbocycles. The fourth-order valence-electron chi connectivity index (χ4n) is 1.44. The van der Waals surface area contributed by atoms with Crippen molar-refractivity contribution < 1.29 is 4.79 Å². The van der Waals surface area contributed by atoms with Crippen LogP contribution in [0.2, 0.25) is 0 Å². The summed E-state index contributed by atoms with van der Waals surface area (Å²) in [6.45, 7) is 4.16. The average Bonchev–Trinajstić information content (AvgIpc) is 2.29. The SMILES string of the molecule is CCN(C)CCCC(=O)c1ccccc1. The van der Waals surface area contributed by atoms with Gasteiger partial charge in [-0.15, -0.1) is 0 Å². The van der Waals surface area contributed by atoms with E-state index in [2.05, 4.69) is 18.9 Å². The van der Waals surface area contributed by atoms with Crippen molar-refractivity contribution in [3.8, 4) is 0 Å². The molecule has 0 N–H and O–H groups in total. The van der Waals surface area contributed by atoms with Crippen LogP contribution in [0.15, 0.2) is 30.3 Å². The smallest absolute Gasteiger partial charge is 0.162 e. The topological polar surface area (TPSA) is 20.3 Å². The van der Waals surface area contributed by atoms with Gasteiger partial charge in [-0.1, -0.05) is 37.3 Å². The number of carbonyl (C=O) groups excluding carboxylic acids is 1. The molecule has 0 radical (unpaired) electrons. The number of rotatable bonds is 6. The van der Waals surface area contributed by atoms with E-state index in [1.165, 1.54) is 0 Å². The number of carbonyl (C=O) groups is 1. The Morgan fingerprint density at radius 3 is 2.53 bits per heavy atom. The molecule has 0 aromatic heterocycles. The first-order valence-electron chi connectivity index (χ1n) is 5.51. The Balaban J connectivity index is 2.31. The lowest BCUT2D eigenvalue weighted by molar-refractivity contribution is 0.0976. The molecule has 1 rings (SSSR count). The molecule has 15 heavy (non-hydrogen) atoms. The van der Waals surface area contributed by atoms with Gasteiger partial charge in [-0.3, -0.25) is 4.79 Å². The number of Topliss-reactive ketones (excluding diaryl/α,β-unsaturated/α-hetero) is 1. The lowest BCUT2D eigenvalue weighted by Crippen LogP contribution is -2.19. The second-order valence-electron chi connectivity index (χ2n) is 3.79. The van der Waals surface area contributed by atoms with Gasteiger partial charge in [0, 0.05) is 12.0 Å². The molecule has 82 valence electrons. The van der Waals surface area contributed by atoms with E-state index in [0.717, 1.165) is 25.1 Å². The fraction of sp³-hybridized carbons (Fsp3) is 0.462. The minimum atomic E-state index is 0.250. The summed E-state index contributed by atoms with van der Waals surface area (Å²) in [5.41, 5.74) is 0.830. The molecule has 0 bridgehead atoms. The Labute approximate surface area is 91.9 Å². The van der Waals surface area contributed by atoms with Gasteiger partial charge in [0.15, 0.2) is 5.78 Å². The monoisotopic (exact) mass is 205 g/mol. The predicted octanol–water partition coefficient (Wildman–Crippen LogP) is 2.60. The lowest BCUT2D eigenvalue weighted by Gasteiger charge is -2.12. The fourth-order valence-corrected chi connectivity index (χ4v) is 1.44. The normalized spacial score (nSPS) is 10.6. The van der Waals surface area contributed by atoms with E-state index >= 15 is 0 Å². The van der Waals surface area contributed by atoms with Crippen LogP contribution < -0.4 is 0 Å². The molecule has 0 amide bonds. The zero-order chi connectivity index (χ0) is 11.1. The van der Waals surface area contributed by atoms with Crippen LogP contribution in [0.5, 0.6) is 0 Å². The number of benzene rings is 1. The van der Waals surface area contributed by atoms with Gasteiger partial charge in [0.25, 0.3) is 0 Å². The number of hydrogen-bond acceptors (Lipinski definition) is 2. The summed E-state index contributed by atoms with van der Waals surface area (Å²) in [6.07, 6.45) is 1.59. The molecule has 0 heterocycles. The second kappa shape index (κ2) is 6.36. The van der Waals surface area contributed by atoms with Gasteiger partial charge in [-0.05, 0) is 26.6 Å². The van der Waals surface area contributed by atoms with Crippen molar-refractivity contribution in [3.05, 3.63) is 35.9 Å². The zero-order valence-electron chi connectivity index (χ0n) is 9.57. The molecule has 2 heteroatoms. The van der Waals surface area contributed by atoms with Gasteiger partial charge in [0.1, 0.15) is 0 Å². The molecule has 0 saturated heterocycles. The van der Waals surface area contributed by atoms with Crippen LogP contribution in [0.25, 0.3) is 0 Å². The summed E-state index contributed by atoms with van der Waals surface area (Å²) >= 11 is 0. The minimum Gasteiger partial charge on any atom is -0.307 e. The Morgan fingerprint density at radius 2 is 1.93 bits per heavy atom. The standard InChI is InChI=1S/C13H19NO/c1-3-14(2)11-7-10-13(15)12-8-5-4-6-9-12/h4-6,8-9H,3,7,10-11H2,1-2H3. The van der Waals surface area contributed by atoms with Crippen molar-refractivity contribution in [3.63, 3.8) is 0 Å². The third-order valence-corrected chi connectivity index (χ3v) is 2.58. The Kier molecular flexibility index (Phi) is 5.05. The quantitative estimate of drug-likeness (QED) is 0.665. The molecule has 2 nitrogen and oxygen atoms in total. The molecular weight excluding hydrogens is 186 g/mol. The summed E-state index contributed by atoms with van der Waals surface area (Å²) in [5, 5.41) is 0. The van der Waals surface area contributed by atoms with Crippen molar-refractivity contribution in [1.29, 1.82) is 0 Å². The highest BCUT2D eigenvalue weighted by Gasteiger charge is 2.04. The van der Waals surface area contributed by atoms with Gasteiger partial charge in [-0.25, -0.2) is 0 Å². The van der Waals surface area contributed by atoms with Crippen molar-refractivity contribution in [1.82, 2.24) is 4.90 Å². The van der Waals surface area contributed by atoms with Crippen molar-refractivity contribution in [2.45, 2.75) is 19.8 Å². The molecule has 0 fully saturated rings. The second-order valence-corrected chi connectivity index (χ2v) is 3.79. The maximum atomic E-state index is 11.7. The van der Waals surface area contributed by atoms with E-state index in [0.29, 0.717) is 6.42 Å². The summed E-state index contributed by atoms with van der Waals surface area (Å²) in [7, 11) is 2.08. The van der Waals surface area contributed by atoms with Gasteiger partial charge in [0.05, 0.1) is 0 Å². The highest BCUT2D eigenvalue weighted by molar-refractivity contribution is 5.95. The van der Waals surface area contributed by atoms with Gasteiger partial charge >= 0.3 is 0 Å². The van der Waals surface area contributed by atoms with Crippen LogP contribution >= 0.6 is 0 Å². The molecule has 1 aromatic carbocycles. The van der Waals surface area contributed by atoms with E-state index in [-0.39, 0.29) is 5.78 Å². The van der Waals surface area contributed by atoms with Crippen molar-refractivity contribution in [2.75, 3.05) is 20.1 Å². The largest absolute Gasteiger partial charge is 0.307 e. The first-order valence-corrected chi connectivity index (χ1v) is 5.51. The summed E-state index contributed by atoms with van der Waals surface area (Å²) in [6, 6.07) is 9.51. The molecule has 0 aliphatic rings. The Morgan fingerprint density at radius 1 is 1.27 bits per heavy atom. The summed E-state index contributed by atoms with van der Waals surface area (Å²) < 4.78 is 0. The Hall–Kier alpha value is -1.15. The predicted molar refractivity (Wildman–Crippen MR) is 63.2 cm³/mol. The molecular formula is C13H19NO. The minimum absolute atomic E-state index is 0.250. The van der Waals surface area contributed by atoms with Gasteiger partial charge < -0.3 is 4.90 Å². The summed E-state index contributed by atoms with van der Waals surface area (Å²) in [4.78, 5) is 13.9. The zero-order valence-corrected chi connectivity index (χ0v) is 9.57. The highest BCUT2D eigenvalue weighted by Crippen LogP contribution is 2.05. The molecule has 0 spiro atoms. The van der Waals surface area contributed by atoms with E-state index in [4.69, 9.17) is 0 Å². The highest BCUT2D eigenvalue weighted by atomic mass is 16.1. The van der Waals surface area contributed by atoms with E-state index in [1.807, 2.05) is 30.3 Å². The molecule has 0 atom stereocenters. The maximum absolute atomic E-state index is 11.7. The van der Waals surface area contributed by atoms with Crippen LogP contribution in [0.4, 0.5) is 0 Å². The summed E-state index contributed by atoms with van der Waals surface area (Å²) in [5.74, 6) is 0.250. The van der Waals surface area contributed by atoms with Crippen LogP contribution in [0, 0.1) is 0 Å². The van der Waals surface area contributed by atoms with E-state index in [9.17, 15) is 4.79 Å². The average molecular weight is 205 g/mol. The van der Waals surface area contributed by atoms with Crippen LogP contribution in [-0.4, -0.2) is 30.8 Å². The molecule has 0 unspecified atom stereocenters. The number of ketones is 1. The van der Waals surface area contributed by atoms with Crippen LogP contribution in [0.1, 0.15) is 30.1 Å². The number of nitrogens with zero attached hydrogens (tertiary/aromatic N) is 1. The first-order chi connectivity index (χ1) is 7.24. The van der Waals surface area contributed by atoms with E-state index in [1.54, 1.807) is 0 Å². The third-order valence-electron chi connectivity index (χ3n) is 2.58. The Bertz CT molecular complexity index is 295. The molecule has 1 aromatic rings. The van der Waals surface area contributed by atoms with Gasteiger partial charge in [-0.2, -0.15) is 0 Å². The lowest BCUT2D eigenvalue weighted by atomic mass is 10.1. The molecule has 0 aliphatic carbocycles. The van der Waals surface area contributed by atoms with Crippen LogP contribution in [0.3, 0.4) is 0 Å². The van der Waals surface area contributed by atoms with Gasteiger partial charge in [0.2, 0.25) is 0 Å². The maximum Gasteiger partial charge on any atom is 0.162 e. The van der Waals surface area contributed by atoms with Crippen molar-refractivity contribution in [2.24, 2.45) is 0 Å². The number of hydrogen-bond donors (Lipinski definition) is 0. The van der Waals surface area contributed by atoms with Crippen molar-refractivity contribution >= 4 is 5.78 Å². The van der Waals surface area contributed by atoms with Crippen LogP contribution in [-0.2, 0) is 0 Å². The molecule has 0 aliphatic heterocycles.